The van der Waals surface area contributed by atoms with E-state index in [2.05, 4.69) is 67.7 Å². The summed E-state index contributed by atoms with van der Waals surface area (Å²) >= 11 is 12.3. The van der Waals surface area contributed by atoms with Crippen LogP contribution < -0.4 is 0 Å². The van der Waals surface area contributed by atoms with Gasteiger partial charge in [-0.1, -0.05) is 29.8 Å². The zero-order valence-electron chi connectivity index (χ0n) is 7.53. The molecule has 0 saturated carbocycles. The fourth-order valence-corrected chi connectivity index (χ4v) is 4.20. The predicted octanol–water partition coefficient (Wildman–Crippen LogP) is 5.34. The Balaban J connectivity index is 2.93. The second-order valence-corrected chi connectivity index (χ2v) is 7.57. The fraction of sp³-hybridized carbons (Fsp3) is 0.556. The van der Waals surface area contributed by atoms with E-state index in [0.29, 0.717) is 0 Å². The van der Waals surface area contributed by atoms with Gasteiger partial charge in [0.1, 0.15) is 0 Å². The third kappa shape index (κ3) is 3.05. The molecule has 4 heteroatoms. The second-order valence-electron chi connectivity index (χ2n) is 3.56. The van der Waals surface area contributed by atoms with Gasteiger partial charge in [-0.3, -0.25) is 0 Å². The van der Waals surface area contributed by atoms with Gasteiger partial charge in [0.2, 0.25) is 0 Å². The van der Waals surface area contributed by atoms with Crippen molar-refractivity contribution in [1.29, 1.82) is 0 Å². The molecule has 0 aromatic carbocycles. The Kier molecular flexibility index (Phi) is 4.48. The second kappa shape index (κ2) is 4.77. The molecule has 1 aromatic heterocycles. The molecule has 0 atom stereocenters. The molecule has 0 amide bonds. The van der Waals surface area contributed by atoms with E-state index in [0.717, 1.165) is 16.2 Å². The van der Waals surface area contributed by atoms with E-state index in [1.54, 1.807) is 0 Å². The molecule has 1 heterocycles. The lowest BCUT2D eigenvalue weighted by atomic mass is 9.89. The number of thiophene rings is 1. The normalized spacial score (nSPS) is 12.1. The van der Waals surface area contributed by atoms with Gasteiger partial charge in [-0.2, -0.15) is 0 Å². The molecular weight excluding hydrogens is 380 g/mol. The largest absolute Gasteiger partial charge is 0.132 e. The minimum absolute atomic E-state index is 0.267. The Bertz CT molecular complexity index is 272. The van der Waals surface area contributed by atoms with Crippen LogP contribution >= 0.6 is 59.1 Å². The lowest BCUT2D eigenvalue weighted by Crippen LogP contribution is -2.15. The van der Waals surface area contributed by atoms with E-state index < -0.39 is 0 Å². The zero-order valence-corrected chi connectivity index (χ0v) is 13.1. The topological polar surface area (TPSA) is 0 Å². The third-order valence-corrected chi connectivity index (χ3v) is 6.05. The molecule has 0 N–H and O–H groups in total. The molecule has 0 aliphatic carbocycles. The van der Waals surface area contributed by atoms with E-state index in [-0.39, 0.29) is 5.41 Å². The van der Waals surface area contributed by atoms with Crippen LogP contribution in [0.3, 0.4) is 0 Å². The molecule has 74 valence electrons. The van der Waals surface area contributed by atoms with Gasteiger partial charge < -0.3 is 0 Å². The average molecular weight is 391 g/mol. The highest BCUT2D eigenvalue weighted by atomic mass is 79.9. The van der Waals surface area contributed by atoms with Crippen molar-refractivity contribution in [2.24, 2.45) is 0 Å². The van der Waals surface area contributed by atoms with Crippen molar-refractivity contribution < 1.29 is 0 Å². The molecule has 0 spiro atoms. The van der Waals surface area contributed by atoms with Crippen LogP contribution in [-0.4, -0.2) is 5.33 Å². The molecule has 13 heavy (non-hydrogen) atoms. The van der Waals surface area contributed by atoms with E-state index in [1.807, 2.05) is 11.3 Å². The molecule has 0 nitrogen and oxygen atoms in total. The van der Waals surface area contributed by atoms with Gasteiger partial charge in [-0.25, -0.2) is 0 Å². The molecule has 0 unspecified atom stereocenters. The van der Waals surface area contributed by atoms with Crippen molar-refractivity contribution in [3.8, 4) is 0 Å². The maximum atomic E-state index is 3.52. The predicted molar refractivity (Wildman–Crippen MR) is 71.2 cm³/mol. The number of halogens is 3. The number of hydrogen-bond acceptors (Lipinski definition) is 1. The monoisotopic (exact) mass is 388 g/mol. The molecule has 0 aliphatic rings. The first-order valence-electron chi connectivity index (χ1n) is 3.98. The molecule has 1 aromatic rings. The maximum absolute atomic E-state index is 3.52. The van der Waals surface area contributed by atoms with E-state index in [4.69, 9.17) is 0 Å². The van der Waals surface area contributed by atoms with E-state index in [1.165, 1.54) is 8.66 Å². The van der Waals surface area contributed by atoms with Gasteiger partial charge in [0, 0.05) is 14.7 Å². The van der Waals surface area contributed by atoms with Crippen molar-refractivity contribution in [2.75, 3.05) is 5.33 Å². The van der Waals surface area contributed by atoms with Crippen LogP contribution in [0.15, 0.2) is 14.3 Å². The minimum Gasteiger partial charge on any atom is -0.132 e. The van der Waals surface area contributed by atoms with Crippen LogP contribution in [0.2, 0.25) is 0 Å². The molecule has 0 saturated heterocycles. The van der Waals surface area contributed by atoms with Crippen molar-refractivity contribution in [2.45, 2.75) is 25.7 Å². The Morgan fingerprint density at radius 3 is 2.38 bits per heavy atom. The van der Waals surface area contributed by atoms with Gasteiger partial charge in [0.05, 0.1) is 3.79 Å². The quantitative estimate of drug-likeness (QED) is 0.611. The number of rotatable bonds is 3. The Hall–Kier alpha value is 1.14. The average Bonchev–Trinajstić information content (AvgIpc) is 2.33. The lowest BCUT2D eigenvalue weighted by molar-refractivity contribution is 0.523. The standard InChI is InChI=1S/C9H11Br3S/c1-9(2,3-4-10)7-5-6(11)8(12)13-7/h5H,3-4H2,1-2H3. The molecule has 0 bridgehead atoms. The SMILES string of the molecule is CC(C)(CCBr)c1cc(Br)c(Br)s1. The van der Waals surface area contributed by atoms with Gasteiger partial charge in [-0.15, -0.1) is 11.3 Å². The van der Waals surface area contributed by atoms with Crippen LogP contribution in [0.5, 0.6) is 0 Å². The summed E-state index contributed by atoms with van der Waals surface area (Å²) < 4.78 is 2.35. The molecule has 1 rings (SSSR count). The molecule has 0 fully saturated rings. The first-order chi connectivity index (χ1) is 5.97. The van der Waals surface area contributed by atoms with Crippen LogP contribution in [-0.2, 0) is 5.41 Å². The smallest absolute Gasteiger partial charge is 0.0843 e. The van der Waals surface area contributed by atoms with E-state index in [9.17, 15) is 0 Å². The highest BCUT2D eigenvalue weighted by Crippen LogP contribution is 2.40. The third-order valence-electron chi connectivity index (χ3n) is 2.03. The maximum Gasteiger partial charge on any atom is 0.0843 e. The summed E-state index contributed by atoms with van der Waals surface area (Å²) in [6, 6.07) is 2.21. The summed E-state index contributed by atoms with van der Waals surface area (Å²) in [6.07, 6.45) is 1.16. The van der Waals surface area contributed by atoms with Crippen LogP contribution in [0.1, 0.15) is 25.1 Å². The van der Waals surface area contributed by atoms with Crippen molar-refractivity contribution in [3.05, 3.63) is 19.2 Å². The van der Waals surface area contributed by atoms with Crippen molar-refractivity contribution in [1.82, 2.24) is 0 Å². The molecule has 0 radical (unpaired) electrons. The summed E-state index contributed by atoms with van der Waals surface area (Å²) in [5.74, 6) is 0. The number of alkyl halides is 1. The first kappa shape index (κ1) is 12.2. The minimum atomic E-state index is 0.267. The molecular formula is C9H11Br3S. The Labute approximate surface area is 108 Å². The van der Waals surface area contributed by atoms with Gasteiger partial charge in [0.25, 0.3) is 0 Å². The van der Waals surface area contributed by atoms with Crippen LogP contribution in [0.25, 0.3) is 0 Å². The number of hydrogen-bond donors (Lipinski definition) is 0. The van der Waals surface area contributed by atoms with Crippen molar-refractivity contribution in [3.63, 3.8) is 0 Å². The van der Waals surface area contributed by atoms with Crippen molar-refractivity contribution >= 4 is 59.1 Å². The highest BCUT2D eigenvalue weighted by molar-refractivity contribution is 9.13. The lowest BCUT2D eigenvalue weighted by Gasteiger charge is -2.21. The summed E-state index contributed by atoms with van der Waals surface area (Å²) in [6.45, 7) is 4.55. The Morgan fingerprint density at radius 1 is 1.38 bits per heavy atom. The van der Waals surface area contributed by atoms with E-state index >= 15 is 0 Å². The van der Waals surface area contributed by atoms with Gasteiger partial charge >= 0.3 is 0 Å². The summed E-state index contributed by atoms with van der Waals surface area (Å²) in [7, 11) is 0. The van der Waals surface area contributed by atoms with Crippen LogP contribution in [0, 0.1) is 0 Å². The molecule has 0 aliphatic heterocycles. The summed E-state index contributed by atoms with van der Waals surface area (Å²) in [5.41, 5.74) is 0.267. The summed E-state index contributed by atoms with van der Waals surface area (Å²) in [4.78, 5) is 1.42. The first-order valence-corrected chi connectivity index (χ1v) is 7.51. The summed E-state index contributed by atoms with van der Waals surface area (Å²) in [5, 5.41) is 1.05. The highest BCUT2D eigenvalue weighted by Gasteiger charge is 2.22. The van der Waals surface area contributed by atoms with Crippen LogP contribution in [0.4, 0.5) is 0 Å². The van der Waals surface area contributed by atoms with Gasteiger partial charge in [-0.05, 0) is 49.8 Å². The fourth-order valence-electron chi connectivity index (χ4n) is 1.04. The van der Waals surface area contributed by atoms with Gasteiger partial charge in [0.15, 0.2) is 0 Å². The Morgan fingerprint density at radius 2 is 2.00 bits per heavy atom. The zero-order chi connectivity index (χ0) is 10.1.